The SMILES string of the molecule is [CH-]=C/C=C/C=C/c1ccc(N(C)C)cc1. The molecule has 1 aromatic carbocycles. The maximum Gasteiger partial charge on any atom is 0.0361 e. The zero-order chi connectivity index (χ0) is 11.1. The second-order valence-corrected chi connectivity index (χ2v) is 3.42. The minimum Gasteiger partial charge on any atom is -0.378 e. The molecule has 15 heavy (non-hydrogen) atoms. The maximum absolute atomic E-state index is 5.21. The second kappa shape index (κ2) is 5.86. The fourth-order valence-corrected chi connectivity index (χ4v) is 1.18. The molecular formula is C14H16N-. The third kappa shape index (κ3) is 3.86. The third-order valence-electron chi connectivity index (χ3n) is 2.03. The Labute approximate surface area is 92.0 Å². The Morgan fingerprint density at radius 2 is 1.67 bits per heavy atom. The lowest BCUT2D eigenvalue weighted by atomic mass is 10.2. The van der Waals surface area contributed by atoms with Gasteiger partial charge < -0.3 is 4.90 Å². The highest BCUT2D eigenvalue weighted by Crippen LogP contribution is 2.12. The smallest absolute Gasteiger partial charge is 0.0361 e. The van der Waals surface area contributed by atoms with Crippen LogP contribution in [0.1, 0.15) is 5.56 Å². The Morgan fingerprint density at radius 1 is 1.00 bits per heavy atom. The molecule has 0 atom stereocenters. The molecule has 0 unspecified atom stereocenters. The van der Waals surface area contributed by atoms with Gasteiger partial charge in [-0.05, 0) is 17.7 Å². The first-order valence-electron chi connectivity index (χ1n) is 4.89. The van der Waals surface area contributed by atoms with Crippen molar-refractivity contribution in [1.82, 2.24) is 0 Å². The molecule has 1 aromatic rings. The Balaban J connectivity index is 2.68. The molecule has 0 aromatic heterocycles. The number of anilines is 1. The van der Waals surface area contributed by atoms with Crippen LogP contribution in [0.4, 0.5) is 5.69 Å². The second-order valence-electron chi connectivity index (χ2n) is 3.42. The zero-order valence-corrected chi connectivity index (χ0v) is 9.22. The van der Waals surface area contributed by atoms with Gasteiger partial charge in [-0.15, -0.1) is 6.08 Å². The summed E-state index contributed by atoms with van der Waals surface area (Å²) in [6, 6.07) is 8.37. The molecular weight excluding hydrogens is 182 g/mol. The van der Waals surface area contributed by atoms with Gasteiger partial charge in [0.15, 0.2) is 0 Å². The van der Waals surface area contributed by atoms with Crippen LogP contribution in [0.5, 0.6) is 0 Å². The molecule has 0 saturated heterocycles. The van der Waals surface area contributed by atoms with Crippen molar-refractivity contribution in [3.8, 4) is 0 Å². The highest BCUT2D eigenvalue weighted by atomic mass is 15.1. The predicted octanol–water partition coefficient (Wildman–Crippen LogP) is 3.31. The highest BCUT2D eigenvalue weighted by molar-refractivity contribution is 5.56. The number of rotatable bonds is 4. The lowest BCUT2D eigenvalue weighted by Crippen LogP contribution is -2.07. The van der Waals surface area contributed by atoms with E-state index in [-0.39, 0.29) is 0 Å². The summed E-state index contributed by atoms with van der Waals surface area (Å²) in [5.41, 5.74) is 2.39. The van der Waals surface area contributed by atoms with Crippen molar-refractivity contribution in [3.63, 3.8) is 0 Å². The summed E-state index contributed by atoms with van der Waals surface area (Å²) in [5, 5.41) is 0. The van der Waals surface area contributed by atoms with Crippen molar-refractivity contribution in [1.29, 1.82) is 0 Å². The minimum absolute atomic E-state index is 1.18. The van der Waals surface area contributed by atoms with Crippen LogP contribution in [-0.2, 0) is 0 Å². The first-order valence-corrected chi connectivity index (χ1v) is 4.89. The Morgan fingerprint density at radius 3 is 2.20 bits per heavy atom. The zero-order valence-electron chi connectivity index (χ0n) is 9.22. The van der Waals surface area contributed by atoms with Crippen LogP contribution in [0, 0.1) is 6.58 Å². The molecule has 0 amide bonds. The van der Waals surface area contributed by atoms with Gasteiger partial charge in [0, 0.05) is 19.8 Å². The van der Waals surface area contributed by atoms with Gasteiger partial charge in [-0.2, -0.15) is 0 Å². The van der Waals surface area contributed by atoms with Gasteiger partial charge >= 0.3 is 0 Å². The molecule has 0 aliphatic carbocycles. The van der Waals surface area contributed by atoms with Gasteiger partial charge in [0.05, 0.1) is 0 Å². The molecule has 0 aliphatic heterocycles. The van der Waals surface area contributed by atoms with E-state index in [1.165, 1.54) is 17.3 Å². The number of hydrogen-bond donors (Lipinski definition) is 0. The summed E-state index contributed by atoms with van der Waals surface area (Å²) in [4.78, 5) is 2.08. The number of benzene rings is 1. The van der Waals surface area contributed by atoms with E-state index in [1.54, 1.807) is 6.08 Å². The Kier molecular flexibility index (Phi) is 4.42. The molecule has 0 N–H and O–H groups in total. The van der Waals surface area contributed by atoms with Gasteiger partial charge in [0.2, 0.25) is 0 Å². The van der Waals surface area contributed by atoms with Crippen LogP contribution >= 0.6 is 0 Å². The van der Waals surface area contributed by atoms with Crippen LogP contribution in [-0.4, -0.2) is 14.1 Å². The molecule has 0 fully saturated rings. The minimum atomic E-state index is 1.18. The van der Waals surface area contributed by atoms with E-state index < -0.39 is 0 Å². The van der Waals surface area contributed by atoms with E-state index in [9.17, 15) is 0 Å². The van der Waals surface area contributed by atoms with E-state index in [2.05, 4.69) is 29.2 Å². The topological polar surface area (TPSA) is 3.24 Å². The summed E-state index contributed by atoms with van der Waals surface area (Å²) in [5.74, 6) is 0. The predicted molar refractivity (Wildman–Crippen MR) is 67.8 cm³/mol. The summed E-state index contributed by atoms with van der Waals surface area (Å²) in [6.45, 7) is 5.21. The summed E-state index contributed by atoms with van der Waals surface area (Å²) >= 11 is 0. The maximum atomic E-state index is 5.21. The third-order valence-corrected chi connectivity index (χ3v) is 2.03. The van der Waals surface area contributed by atoms with E-state index in [1.807, 2.05) is 32.3 Å². The molecule has 0 saturated carbocycles. The van der Waals surface area contributed by atoms with Crippen molar-refractivity contribution in [2.75, 3.05) is 19.0 Å². The summed E-state index contributed by atoms with van der Waals surface area (Å²) < 4.78 is 0. The van der Waals surface area contributed by atoms with Gasteiger partial charge in [-0.3, -0.25) is 6.58 Å². The standard InChI is InChI=1S/C14H16N/c1-4-5-6-7-8-13-9-11-14(12-10-13)15(2)3/h1,4-12H,2-3H3/q-1/b6-5+,8-7+. The van der Waals surface area contributed by atoms with E-state index >= 15 is 0 Å². The molecule has 1 rings (SSSR count). The summed E-state index contributed by atoms with van der Waals surface area (Å²) in [6.07, 6.45) is 9.22. The van der Waals surface area contributed by atoms with Crippen molar-refractivity contribution in [2.45, 2.75) is 0 Å². The fourth-order valence-electron chi connectivity index (χ4n) is 1.18. The van der Waals surface area contributed by atoms with Gasteiger partial charge in [-0.25, -0.2) is 12.2 Å². The average Bonchev–Trinajstić information content (AvgIpc) is 2.25. The molecule has 0 spiro atoms. The van der Waals surface area contributed by atoms with E-state index in [0.717, 1.165) is 0 Å². The average molecular weight is 198 g/mol. The first-order chi connectivity index (χ1) is 7.24. The molecule has 0 heterocycles. The van der Waals surface area contributed by atoms with Crippen LogP contribution in [0.25, 0.3) is 6.08 Å². The van der Waals surface area contributed by atoms with E-state index in [4.69, 9.17) is 6.58 Å². The number of nitrogens with zero attached hydrogens (tertiary/aromatic N) is 1. The fraction of sp³-hybridized carbons (Fsp3) is 0.143. The lowest BCUT2D eigenvalue weighted by molar-refractivity contribution is 1.13. The Hall–Kier alpha value is -1.76. The van der Waals surface area contributed by atoms with Crippen LogP contribution in [0.3, 0.4) is 0 Å². The van der Waals surface area contributed by atoms with Crippen LogP contribution in [0.2, 0.25) is 0 Å². The monoisotopic (exact) mass is 198 g/mol. The normalized spacial score (nSPS) is 11.1. The highest BCUT2D eigenvalue weighted by Gasteiger charge is 1.92. The van der Waals surface area contributed by atoms with Crippen molar-refractivity contribution in [3.05, 3.63) is 60.7 Å². The summed E-state index contributed by atoms with van der Waals surface area (Å²) in [7, 11) is 4.06. The lowest BCUT2D eigenvalue weighted by Gasteiger charge is -2.11. The molecule has 0 radical (unpaired) electrons. The van der Waals surface area contributed by atoms with Gasteiger partial charge in [0.1, 0.15) is 0 Å². The van der Waals surface area contributed by atoms with Crippen molar-refractivity contribution >= 4 is 11.8 Å². The molecule has 78 valence electrons. The molecule has 1 heteroatoms. The van der Waals surface area contributed by atoms with Crippen molar-refractivity contribution in [2.24, 2.45) is 0 Å². The largest absolute Gasteiger partial charge is 0.378 e. The first kappa shape index (κ1) is 11.3. The molecule has 0 bridgehead atoms. The van der Waals surface area contributed by atoms with E-state index in [0.29, 0.717) is 0 Å². The Bertz CT molecular complexity index is 355. The van der Waals surface area contributed by atoms with Crippen LogP contribution < -0.4 is 4.90 Å². The van der Waals surface area contributed by atoms with Gasteiger partial charge in [0.25, 0.3) is 0 Å². The number of allylic oxidation sites excluding steroid dienone is 4. The molecule has 1 nitrogen and oxygen atoms in total. The number of hydrogen-bond acceptors (Lipinski definition) is 1. The molecule has 0 aliphatic rings. The van der Waals surface area contributed by atoms with Crippen molar-refractivity contribution < 1.29 is 0 Å². The van der Waals surface area contributed by atoms with Gasteiger partial charge in [-0.1, -0.05) is 24.3 Å². The quantitative estimate of drug-likeness (QED) is 0.530. The van der Waals surface area contributed by atoms with Crippen LogP contribution in [0.15, 0.2) is 48.6 Å².